The summed E-state index contributed by atoms with van der Waals surface area (Å²) >= 11 is 0. The Balaban J connectivity index is 1.16. The number of hydrogen-bond acceptors (Lipinski definition) is 8. The van der Waals surface area contributed by atoms with E-state index in [2.05, 4.69) is 11.4 Å². The first-order valence-electron chi connectivity index (χ1n) is 16.8. The summed E-state index contributed by atoms with van der Waals surface area (Å²) in [5, 5.41) is 12.7. The summed E-state index contributed by atoms with van der Waals surface area (Å²) in [6.45, 7) is 11.2. The first-order valence-corrected chi connectivity index (χ1v) is 16.8. The van der Waals surface area contributed by atoms with Gasteiger partial charge in [-0.1, -0.05) is 18.2 Å². The van der Waals surface area contributed by atoms with E-state index in [1.165, 1.54) is 15.9 Å². The number of likely N-dealkylation sites (tertiary alicyclic amines) is 2. The lowest BCUT2D eigenvalue weighted by Crippen LogP contribution is -2.55. The van der Waals surface area contributed by atoms with E-state index in [-0.39, 0.29) is 30.5 Å². The van der Waals surface area contributed by atoms with E-state index in [1.807, 2.05) is 0 Å². The predicted molar refractivity (Wildman–Crippen MR) is 176 cm³/mol. The van der Waals surface area contributed by atoms with Crippen molar-refractivity contribution in [1.29, 1.82) is 5.26 Å². The minimum atomic E-state index is -1.02. The molecule has 3 aliphatic heterocycles. The fourth-order valence-corrected chi connectivity index (χ4v) is 7.53. The Morgan fingerprint density at radius 1 is 1.04 bits per heavy atom. The number of carbonyl (C=O) groups excluding carboxylic acids is 4. The smallest absolute Gasteiger partial charge is 0.411 e. The van der Waals surface area contributed by atoms with Crippen LogP contribution in [0.1, 0.15) is 88.7 Å². The van der Waals surface area contributed by atoms with Gasteiger partial charge in [-0.15, -0.1) is 0 Å². The van der Waals surface area contributed by atoms with Crippen LogP contribution in [-0.2, 0) is 31.0 Å². The number of amides is 3. The molecule has 1 N–H and O–H groups in total. The maximum absolute atomic E-state index is 15.6. The van der Waals surface area contributed by atoms with Gasteiger partial charge in [-0.2, -0.15) is 5.26 Å². The van der Waals surface area contributed by atoms with Crippen molar-refractivity contribution in [2.45, 2.75) is 109 Å². The summed E-state index contributed by atoms with van der Waals surface area (Å²) < 4.78 is 32.5. The van der Waals surface area contributed by atoms with Gasteiger partial charge in [0.1, 0.15) is 29.1 Å². The van der Waals surface area contributed by atoms with E-state index in [0.29, 0.717) is 41.6 Å². The van der Waals surface area contributed by atoms with Crippen LogP contribution in [0.4, 0.5) is 14.0 Å². The van der Waals surface area contributed by atoms with Crippen LogP contribution in [0.2, 0.25) is 0 Å². The lowest BCUT2D eigenvalue weighted by Gasteiger charge is -2.35. The van der Waals surface area contributed by atoms with Crippen molar-refractivity contribution >= 4 is 24.1 Å². The van der Waals surface area contributed by atoms with E-state index in [4.69, 9.17) is 14.2 Å². The highest BCUT2D eigenvalue weighted by Crippen LogP contribution is 2.46. The average Bonchev–Trinajstić information content (AvgIpc) is 3.79. The van der Waals surface area contributed by atoms with Crippen molar-refractivity contribution in [2.75, 3.05) is 13.1 Å². The molecule has 1 spiro atoms. The molecule has 2 saturated heterocycles. The highest BCUT2D eigenvalue weighted by molar-refractivity contribution is 5.96. The molecule has 1 unspecified atom stereocenters. The Morgan fingerprint density at radius 2 is 1.71 bits per heavy atom. The van der Waals surface area contributed by atoms with Crippen LogP contribution in [0.5, 0.6) is 0 Å². The molecule has 1 aliphatic carbocycles. The van der Waals surface area contributed by atoms with Gasteiger partial charge in [-0.3, -0.25) is 9.69 Å². The number of rotatable bonds is 5. The van der Waals surface area contributed by atoms with Crippen LogP contribution in [0.25, 0.3) is 11.1 Å². The van der Waals surface area contributed by atoms with E-state index >= 15 is 4.39 Å². The number of ether oxygens (including phenoxy) is 3. The number of fused-ring (bicyclic) bond motifs is 4. The standard InChI is InChI=1S/C37H43FN4O7/c1-35(2,3)48-33(45)41-14-13-37(20-41)28-17-21(10-12-27(28)32(44)47-37)22-7-8-23(29(38)18-22)15-25(19-39)40-31(43)30-24-9-11-26(16-24)42(30)34(46)49-36(4,5)6/h7-8,10,12,17-18,24-26,30H,9,11,13-16,20H2,1-6H3,(H,40,43)/t24-,25-,26+,30-,37?/m0/s1. The number of nitriles is 1. The highest BCUT2D eigenvalue weighted by Gasteiger charge is 2.53. The molecule has 2 bridgehead atoms. The predicted octanol–water partition coefficient (Wildman–Crippen LogP) is 5.84. The van der Waals surface area contributed by atoms with Gasteiger partial charge in [0.15, 0.2) is 5.60 Å². The summed E-state index contributed by atoms with van der Waals surface area (Å²) in [7, 11) is 0. The number of hydrogen-bond donors (Lipinski definition) is 1. The largest absolute Gasteiger partial charge is 0.449 e. The van der Waals surface area contributed by atoms with Gasteiger partial charge < -0.3 is 24.4 Å². The second-order valence-electron chi connectivity index (χ2n) is 15.6. The number of nitrogens with one attached hydrogen (secondary N) is 1. The zero-order chi connectivity index (χ0) is 35.5. The molecule has 0 aromatic heterocycles. The normalized spacial score (nSPS) is 24.8. The zero-order valence-corrected chi connectivity index (χ0v) is 28.8. The first kappa shape index (κ1) is 34.2. The summed E-state index contributed by atoms with van der Waals surface area (Å²) in [5.41, 5.74) is 0.0808. The van der Waals surface area contributed by atoms with Gasteiger partial charge in [0.2, 0.25) is 5.91 Å². The molecule has 0 radical (unpaired) electrons. The van der Waals surface area contributed by atoms with Crippen molar-refractivity contribution in [3.63, 3.8) is 0 Å². The minimum absolute atomic E-state index is 0.0235. The maximum atomic E-state index is 15.6. The molecular formula is C37H43FN4O7. The molecule has 1 saturated carbocycles. The number of benzene rings is 2. The monoisotopic (exact) mass is 674 g/mol. The van der Waals surface area contributed by atoms with Crippen molar-refractivity contribution in [1.82, 2.24) is 15.1 Å². The summed E-state index contributed by atoms with van der Waals surface area (Å²) in [4.78, 5) is 55.1. The van der Waals surface area contributed by atoms with Crippen LogP contribution < -0.4 is 5.32 Å². The number of halogens is 1. The van der Waals surface area contributed by atoms with Gasteiger partial charge in [-0.05, 0) is 102 Å². The lowest BCUT2D eigenvalue weighted by atomic mass is 9.88. The van der Waals surface area contributed by atoms with E-state index in [0.717, 1.165) is 12.8 Å². The molecule has 3 heterocycles. The fourth-order valence-electron chi connectivity index (χ4n) is 7.53. The third kappa shape index (κ3) is 6.80. The third-order valence-corrected chi connectivity index (χ3v) is 9.64. The van der Waals surface area contributed by atoms with Crippen molar-refractivity contribution in [3.8, 4) is 17.2 Å². The first-order chi connectivity index (χ1) is 23.0. The minimum Gasteiger partial charge on any atom is -0.449 e. The van der Waals surface area contributed by atoms with Gasteiger partial charge in [0.05, 0.1) is 18.2 Å². The molecule has 4 aliphatic rings. The molecule has 5 atom stereocenters. The summed E-state index contributed by atoms with van der Waals surface area (Å²) in [5.74, 6) is -1.49. The number of esters is 1. The Kier molecular flexibility index (Phi) is 8.62. The summed E-state index contributed by atoms with van der Waals surface area (Å²) in [6, 6.07) is 10.1. The van der Waals surface area contributed by atoms with Crippen LogP contribution in [0, 0.1) is 23.1 Å². The molecule has 260 valence electrons. The third-order valence-electron chi connectivity index (χ3n) is 9.64. The average molecular weight is 675 g/mol. The fraction of sp³-hybridized carbons (Fsp3) is 0.541. The molecule has 6 rings (SSSR count). The Bertz CT molecular complexity index is 1740. The number of piperidine rings is 1. The van der Waals surface area contributed by atoms with Gasteiger partial charge >= 0.3 is 18.2 Å². The molecule has 3 fully saturated rings. The molecule has 2 aromatic rings. The molecular weight excluding hydrogens is 631 g/mol. The second-order valence-corrected chi connectivity index (χ2v) is 15.6. The van der Waals surface area contributed by atoms with E-state index < -0.39 is 58.8 Å². The Labute approximate surface area is 285 Å². The topological polar surface area (TPSA) is 138 Å². The second kappa shape index (κ2) is 12.3. The molecule has 11 nitrogen and oxygen atoms in total. The highest BCUT2D eigenvalue weighted by atomic mass is 19.1. The van der Waals surface area contributed by atoms with Gasteiger partial charge in [-0.25, -0.2) is 18.8 Å². The van der Waals surface area contributed by atoms with Crippen molar-refractivity contribution in [3.05, 3.63) is 58.9 Å². The van der Waals surface area contributed by atoms with E-state index in [9.17, 15) is 24.4 Å². The van der Waals surface area contributed by atoms with Crippen LogP contribution in [0.15, 0.2) is 36.4 Å². The lowest BCUT2D eigenvalue weighted by molar-refractivity contribution is -0.128. The molecule has 3 amide bonds. The van der Waals surface area contributed by atoms with Crippen LogP contribution in [0.3, 0.4) is 0 Å². The van der Waals surface area contributed by atoms with E-state index in [1.54, 1.807) is 71.9 Å². The van der Waals surface area contributed by atoms with Gasteiger partial charge in [0.25, 0.3) is 0 Å². The van der Waals surface area contributed by atoms with Crippen LogP contribution in [-0.4, -0.2) is 76.3 Å². The maximum Gasteiger partial charge on any atom is 0.411 e. The SMILES string of the molecule is CC(C)(C)OC(=O)N1CCC2(C1)OC(=O)c1ccc(-c3ccc(C[C@@H](C#N)NC(=O)[C@@H]4[C@H]5CC[C@H](C5)N4C(=O)OC(C)(C)C)c(F)c3)cc12. The zero-order valence-electron chi connectivity index (χ0n) is 28.8. The van der Waals surface area contributed by atoms with Gasteiger partial charge in [0, 0.05) is 31.0 Å². The molecule has 49 heavy (non-hydrogen) atoms. The van der Waals surface area contributed by atoms with Crippen molar-refractivity contribution in [2.24, 2.45) is 5.92 Å². The quantitative estimate of drug-likeness (QED) is 0.309. The number of nitrogens with zero attached hydrogens (tertiary/aromatic N) is 3. The molecule has 2 aromatic carbocycles. The Hall–Kier alpha value is -4.66. The van der Waals surface area contributed by atoms with Crippen LogP contribution >= 0.6 is 0 Å². The Morgan fingerprint density at radius 3 is 2.39 bits per heavy atom. The molecule has 12 heteroatoms. The summed E-state index contributed by atoms with van der Waals surface area (Å²) in [6.07, 6.45) is 1.62. The number of carbonyl (C=O) groups is 4. The van der Waals surface area contributed by atoms with Crippen molar-refractivity contribution < 1.29 is 37.8 Å².